The highest BCUT2D eigenvalue weighted by Crippen LogP contribution is 2.43. The van der Waals surface area contributed by atoms with Crippen LogP contribution in [0.2, 0.25) is 22.7 Å². The molecule has 0 spiro atoms. The van der Waals surface area contributed by atoms with Gasteiger partial charge in [-0.05, 0) is 23.0 Å². The van der Waals surface area contributed by atoms with Crippen LogP contribution < -0.4 is 0 Å². The fourth-order valence-electron chi connectivity index (χ4n) is 3.04. The monoisotopic (exact) mass is 238 g/mol. The Morgan fingerprint density at radius 1 is 0.812 bits per heavy atom. The minimum atomic E-state index is -1.25. The average Bonchev–Trinajstić information content (AvgIpc) is 2.16. The maximum Gasteiger partial charge on any atom is 0.0740 e. The molecule has 0 saturated heterocycles. The summed E-state index contributed by atoms with van der Waals surface area (Å²) < 4.78 is 0. The Morgan fingerprint density at radius 3 is 1.56 bits per heavy atom. The second kappa shape index (κ2) is 7.17. The van der Waals surface area contributed by atoms with Gasteiger partial charge in [-0.15, -0.1) is 11.8 Å². The molecule has 94 valence electrons. The normalized spacial score (nSPS) is 12.1. The molecule has 0 rings (SSSR count). The summed E-state index contributed by atoms with van der Waals surface area (Å²) in [5.41, 5.74) is 2.51. The molecule has 1 heteroatoms. The van der Waals surface area contributed by atoms with E-state index in [1.165, 1.54) is 12.5 Å². The van der Waals surface area contributed by atoms with Gasteiger partial charge < -0.3 is 0 Å². The van der Waals surface area contributed by atoms with Gasteiger partial charge in [0.25, 0.3) is 0 Å². The van der Waals surface area contributed by atoms with Gasteiger partial charge in [-0.25, -0.2) is 0 Å². The largest absolute Gasteiger partial charge is 0.106 e. The second-order valence-corrected chi connectivity index (χ2v) is 11.9. The van der Waals surface area contributed by atoms with E-state index in [0.717, 1.165) is 23.0 Å². The van der Waals surface area contributed by atoms with Crippen molar-refractivity contribution in [2.45, 2.75) is 84.0 Å². The average molecular weight is 238 g/mol. The summed E-state index contributed by atoms with van der Waals surface area (Å²) in [5.74, 6) is 6.82. The van der Waals surface area contributed by atoms with Gasteiger partial charge in [-0.1, -0.05) is 48.5 Å². The van der Waals surface area contributed by atoms with Crippen LogP contribution >= 0.6 is 0 Å². The van der Waals surface area contributed by atoms with E-state index in [0.29, 0.717) is 0 Å². The third-order valence-corrected chi connectivity index (χ3v) is 11.4. The van der Waals surface area contributed by atoms with Crippen LogP contribution in [0.1, 0.15) is 61.3 Å². The first-order valence-corrected chi connectivity index (χ1v) is 9.29. The SMILES string of the molecule is CCCC#CC[Si](C(C)C)(C(C)C)C(C)C. The van der Waals surface area contributed by atoms with Crippen molar-refractivity contribution < 1.29 is 0 Å². The Labute approximate surface area is 104 Å². The van der Waals surface area contributed by atoms with Crippen LogP contribution in [0.3, 0.4) is 0 Å². The van der Waals surface area contributed by atoms with Crippen molar-refractivity contribution in [3.8, 4) is 11.8 Å². The fraction of sp³-hybridized carbons (Fsp3) is 0.867. The molecule has 16 heavy (non-hydrogen) atoms. The number of unbranched alkanes of at least 4 members (excludes halogenated alkanes) is 1. The van der Waals surface area contributed by atoms with Gasteiger partial charge in [0.1, 0.15) is 0 Å². The van der Waals surface area contributed by atoms with E-state index in [-0.39, 0.29) is 0 Å². The summed E-state index contributed by atoms with van der Waals surface area (Å²) in [5, 5.41) is 0. The molecule has 0 saturated carbocycles. The van der Waals surface area contributed by atoms with Crippen molar-refractivity contribution in [1.29, 1.82) is 0 Å². The van der Waals surface area contributed by atoms with Gasteiger partial charge in [0, 0.05) is 12.5 Å². The predicted molar refractivity (Wildman–Crippen MR) is 78.5 cm³/mol. The first-order chi connectivity index (χ1) is 7.39. The van der Waals surface area contributed by atoms with Gasteiger partial charge in [-0.2, -0.15) is 0 Å². The Hall–Kier alpha value is -0.223. The lowest BCUT2D eigenvalue weighted by Crippen LogP contribution is -2.43. The van der Waals surface area contributed by atoms with Crippen molar-refractivity contribution in [1.82, 2.24) is 0 Å². The molecule has 0 aliphatic heterocycles. The van der Waals surface area contributed by atoms with Crippen LogP contribution in [0.5, 0.6) is 0 Å². The molecule has 0 aliphatic carbocycles. The molecule has 0 aromatic heterocycles. The summed E-state index contributed by atoms with van der Waals surface area (Å²) in [6.07, 6.45) is 2.26. The minimum Gasteiger partial charge on any atom is -0.106 e. The molecule has 0 amide bonds. The molecule has 0 unspecified atom stereocenters. The number of hydrogen-bond acceptors (Lipinski definition) is 0. The highest BCUT2D eigenvalue weighted by molar-refractivity contribution is 6.84. The molecule has 0 aliphatic rings. The summed E-state index contributed by atoms with van der Waals surface area (Å²) in [4.78, 5) is 0. The van der Waals surface area contributed by atoms with Crippen LogP contribution in [-0.2, 0) is 0 Å². The number of hydrogen-bond donors (Lipinski definition) is 0. The topological polar surface area (TPSA) is 0 Å². The van der Waals surface area contributed by atoms with E-state index in [4.69, 9.17) is 0 Å². The molecule has 0 fully saturated rings. The predicted octanol–water partition coefficient (Wildman–Crippen LogP) is 5.47. The Balaban J connectivity index is 4.86. The zero-order chi connectivity index (χ0) is 12.8. The Bertz CT molecular complexity index is 218. The molecule has 0 atom stereocenters. The van der Waals surface area contributed by atoms with Gasteiger partial charge in [0.15, 0.2) is 0 Å². The highest BCUT2D eigenvalue weighted by Gasteiger charge is 2.41. The van der Waals surface area contributed by atoms with Gasteiger partial charge in [0.05, 0.1) is 8.07 Å². The van der Waals surface area contributed by atoms with E-state index in [2.05, 4.69) is 60.3 Å². The smallest absolute Gasteiger partial charge is 0.0740 e. The third-order valence-electron chi connectivity index (χ3n) is 4.12. The van der Waals surface area contributed by atoms with Crippen molar-refractivity contribution in [2.24, 2.45) is 0 Å². The molecule has 0 aromatic rings. The second-order valence-electron chi connectivity index (χ2n) is 5.86. The molecule has 0 nitrogen and oxygen atoms in total. The van der Waals surface area contributed by atoms with Gasteiger partial charge in [0.2, 0.25) is 0 Å². The quantitative estimate of drug-likeness (QED) is 0.440. The van der Waals surface area contributed by atoms with Crippen molar-refractivity contribution >= 4 is 8.07 Å². The standard InChI is InChI=1S/C15H30Si/c1-8-9-10-11-12-16(13(2)3,14(4)5)15(6)7/h13-15H,8-9,12H2,1-7H3. The van der Waals surface area contributed by atoms with Crippen molar-refractivity contribution in [3.05, 3.63) is 0 Å². The maximum atomic E-state index is 3.48. The summed E-state index contributed by atoms with van der Waals surface area (Å²) in [7, 11) is -1.25. The Kier molecular flexibility index (Phi) is 7.07. The molecule has 0 bridgehead atoms. The van der Waals surface area contributed by atoms with Crippen LogP contribution in [0.4, 0.5) is 0 Å². The van der Waals surface area contributed by atoms with E-state index in [1.807, 2.05) is 0 Å². The van der Waals surface area contributed by atoms with E-state index >= 15 is 0 Å². The third kappa shape index (κ3) is 3.66. The lowest BCUT2D eigenvalue weighted by Gasteiger charge is -2.42. The lowest BCUT2D eigenvalue weighted by molar-refractivity contribution is 0.813. The first kappa shape index (κ1) is 15.8. The minimum absolute atomic E-state index is 0.837. The van der Waals surface area contributed by atoms with Crippen LogP contribution in [-0.4, -0.2) is 8.07 Å². The zero-order valence-corrected chi connectivity index (χ0v) is 13.4. The molecule has 0 radical (unpaired) electrons. The summed E-state index contributed by atoms with van der Waals surface area (Å²) in [6, 6.07) is 1.19. The highest BCUT2D eigenvalue weighted by atomic mass is 28.3. The number of rotatable bonds is 5. The van der Waals surface area contributed by atoms with Crippen molar-refractivity contribution in [3.63, 3.8) is 0 Å². The van der Waals surface area contributed by atoms with Gasteiger partial charge in [-0.3, -0.25) is 0 Å². The van der Waals surface area contributed by atoms with Crippen LogP contribution in [0.25, 0.3) is 0 Å². The summed E-state index contributed by atoms with van der Waals surface area (Å²) in [6.45, 7) is 16.7. The molecular formula is C15H30Si. The molecule has 0 aromatic carbocycles. The zero-order valence-electron chi connectivity index (χ0n) is 12.4. The molecule has 0 heterocycles. The van der Waals surface area contributed by atoms with Crippen LogP contribution in [0.15, 0.2) is 0 Å². The Morgan fingerprint density at radius 2 is 1.25 bits per heavy atom. The van der Waals surface area contributed by atoms with Crippen LogP contribution in [0, 0.1) is 11.8 Å². The lowest BCUT2D eigenvalue weighted by atomic mass is 10.3. The van der Waals surface area contributed by atoms with Gasteiger partial charge >= 0.3 is 0 Å². The van der Waals surface area contributed by atoms with E-state index in [1.54, 1.807) is 0 Å². The van der Waals surface area contributed by atoms with E-state index < -0.39 is 8.07 Å². The van der Waals surface area contributed by atoms with E-state index in [9.17, 15) is 0 Å². The van der Waals surface area contributed by atoms with Crippen molar-refractivity contribution in [2.75, 3.05) is 0 Å². The summed E-state index contributed by atoms with van der Waals surface area (Å²) >= 11 is 0. The fourth-order valence-corrected chi connectivity index (χ4v) is 8.70. The molecular weight excluding hydrogens is 208 g/mol. The maximum absolute atomic E-state index is 3.48. The molecule has 0 N–H and O–H groups in total. The first-order valence-electron chi connectivity index (χ1n) is 6.85.